The van der Waals surface area contributed by atoms with E-state index in [4.69, 9.17) is 0 Å². The largest absolute Gasteiger partial charge is 0.345 e. The summed E-state index contributed by atoms with van der Waals surface area (Å²) in [7, 11) is -3.67. The average Bonchev–Trinajstić information content (AvgIpc) is 3.45. The van der Waals surface area contributed by atoms with Crippen molar-refractivity contribution in [2.45, 2.75) is 24.3 Å². The number of imidazole rings is 1. The van der Waals surface area contributed by atoms with Gasteiger partial charge >= 0.3 is 0 Å². The van der Waals surface area contributed by atoms with Gasteiger partial charge < -0.3 is 9.88 Å². The lowest BCUT2D eigenvalue weighted by atomic mass is 9.86. The molecule has 1 aromatic carbocycles. The van der Waals surface area contributed by atoms with Crippen LogP contribution in [-0.2, 0) is 21.4 Å². The Hall–Kier alpha value is -2.78. The molecular formula is C20H21N5O3S. The minimum atomic E-state index is -3.67. The van der Waals surface area contributed by atoms with Crippen LogP contribution in [0.5, 0.6) is 0 Å². The van der Waals surface area contributed by atoms with Gasteiger partial charge in [0.15, 0.2) is 0 Å². The highest BCUT2D eigenvalue weighted by Gasteiger charge is 2.53. The van der Waals surface area contributed by atoms with Crippen molar-refractivity contribution in [3.05, 3.63) is 54.6 Å². The van der Waals surface area contributed by atoms with Gasteiger partial charge in [-0.2, -0.15) is 4.31 Å². The number of aromatic nitrogens is 3. The number of hydrogen-bond donors (Lipinski definition) is 1. The molecule has 1 N–H and O–H groups in total. The summed E-state index contributed by atoms with van der Waals surface area (Å²) in [5, 5.41) is 0. The van der Waals surface area contributed by atoms with Crippen LogP contribution in [0.15, 0.2) is 53.8 Å². The van der Waals surface area contributed by atoms with Gasteiger partial charge in [-0.1, -0.05) is 6.07 Å². The van der Waals surface area contributed by atoms with Crippen LogP contribution in [0.3, 0.4) is 0 Å². The molecule has 1 spiro atoms. The first kappa shape index (κ1) is 18.3. The Balaban J connectivity index is 1.35. The van der Waals surface area contributed by atoms with Crippen molar-refractivity contribution in [3.8, 4) is 0 Å². The fraction of sp³-hybridized carbons (Fsp3) is 0.350. The Morgan fingerprint density at radius 2 is 1.97 bits per heavy atom. The first-order valence-electron chi connectivity index (χ1n) is 9.61. The molecule has 9 heteroatoms. The SMILES string of the molecule is O=C1N(Cc2ccccn2)CCC12CCN(S(=O)(=O)c1ccc3nc[nH]c3c1)C2. The lowest BCUT2D eigenvalue weighted by Gasteiger charge is -2.23. The molecule has 2 aliphatic rings. The highest BCUT2D eigenvalue weighted by Crippen LogP contribution is 2.42. The quantitative estimate of drug-likeness (QED) is 0.705. The molecule has 0 bridgehead atoms. The van der Waals surface area contributed by atoms with Gasteiger partial charge in [0.25, 0.3) is 0 Å². The second-order valence-corrected chi connectivity index (χ2v) is 9.69. The van der Waals surface area contributed by atoms with Crippen molar-refractivity contribution >= 4 is 27.0 Å². The summed E-state index contributed by atoms with van der Waals surface area (Å²) in [6.45, 7) is 1.68. The second kappa shape index (κ2) is 6.64. The number of amides is 1. The van der Waals surface area contributed by atoms with Crippen molar-refractivity contribution in [1.29, 1.82) is 0 Å². The summed E-state index contributed by atoms with van der Waals surface area (Å²) in [6, 6.07) is 10.5. The molecule has 1 amide bonds. The molecule has 2 aliphatic heterocycles. The molecule has 29 heavy (non-hydrogen) atoms. The van der Waals surface area contributed by atoms with E-state index in [-0.39, 0.29) is 17.3 Å². The number of hydrogen-bond acceptors (Lipinski definition) is 5. The molecule has 1 unspecified atom stereocenters. The number of rotatable bonds is 4. The lowest BCUT2D eigenvalue weighted by Crippen LogP contribution is -2.38. The zero-order chi connectivity index (χ0) is 20.1. The van der Waals surface area contributed by atoms with Gasteiger partial charge in [0, 0.05) is 25.8 Å². The van der Waals surface area contributed by atoms with Crippen LogP contribution >= 0.6 is 0 Å². The van der Waals surface area contributed by atoms with Gasteiger partial charge in [-0.25, -0.2) is 13.4 Å². The van der Waals surface area contributed by atoms with E-state index in [0.29, 0.717) is 38.0 Å². The number of nitrogens with one attached hydrogen (secondary N) is 1. The van der Waals surface area contributed by atoms with Crippen LogP contribution < -0.4 is 0 Å². The molecule has 2 aromatic heterocycles. The fourth-order valence-electron chi connectivity index (χ4n) is 4.37. The van der Waals surface area contributed by atoms with E-state index in [1.807, 2.05) is 18.2 Å². The maximum Gasteiger partial charge on any atom is 0.243 e. The predicted octanol–water partition coefficient (Wildman–Crippen LogP) is 1.77. The van der Waals surface area contributed by atoms with Crippen LogP contribution in [0.2, 0.25) is 0 Å². The van der Waals surface area contributed by atoms with Gasteiger partial charge in [0.1, 0.15) is 0 Å². The van der Waals surface area contributed by atoms with Crippen LogP contribution in [-0.4, -0.2) is 58.1 Å². The Morgan fingerprint density at radius 3 is 2.79 bits per heavy atom. The lowest BCUT2D eigenvalue weighted by molar-refractivity contribution is -0.135. The van der Waals surface area contributed by atoms with Crippen LogP contribution in [0.1, 0.15) is 18.5 Å². The van der Waals surface area contributed by atoms with Gasteiger partial charge in [-0.05, 0) is 43.2 Å². The standard InChI is InChI=1S/C20H21N5O3S/c26-19-20(6-9-24(19)12-15-3-1-2-8-21-15)7-10-25(13-20)29(27,28)16-4-5-17-18(11-16)23-14-22-17/h1-5,8,11,14H,6-7,9-10,12-13H2,(H,22,23). The molecule has 5 rings (SSSR count). The summed E-state index contributed by atoms with van der Waals surface area (Å²) < 4.78 is 27.8. The van der Waals surface area contributed by atoms with Gasteiger partial charge in [-0.3, -0.25) is 9.78 Å². The predicted molar refractivity (Wildman–Crippen MR) is 106 cm³/mol. The topological polar surface area (TPSA) is 99.3 Å². The number of fused-ring (bicyclic) bond motifs is 1. The summed E-state index contributed by atoms with van der Waals surface area (Å²) >= 11 is 0. The van der Waals surface area contributed by atoms with Crippen LogP contribution in [0.4, 0.5) is 0 Å². The molecule has 2 fully saturated rings. The van der Waals surface area contributed by atoms with Crippen LogP contribution in [0, 0.1) is 5.41 Å². The van der Waals surface area contributed by atoms with Crippen LogP contribution in [0.25, 0.3) is 11.0 Å². The first-order valence-corrected chi connectivity index (χ1v) is 11.0. The van der Waals surface area contributed by atoms with Gasteiger partial charge in [0.2, 0.25) is 15.9 Å². The number of carbonyl (C=O) groups is 1. The van der Waals surface area contributed by atoms with E-state index in [9.17, 15) is 13.2 Å². The van der Waals surface area contributed by atoms with E-state index < -0.39 is 15.4 Å². The van der Waals surface area contributed by atoms with Crippen molar-refractivity contribution in [3.63, 3.8) is 0 Å². The Kier molecular flexibility index (Phi) is 4.18. The molecule has 0 radical (unpaired) electrons. The monoisotopic (exact) mass is 411 g/mol. The highest BCUT2D eigenvalue weighted by atomic mass is 32.2. The molecule has 4 heterocycles. The molecule has 2 saturated heterocycles. The van der Waals surface area contributed by atoms with E-state index in [1.165, 1.54) is 4.31 Å². The summed E-state index contributed by atoms with van der Waals surface area (Å²) in [6.07, 6.45) is 4.48. The smallest absolute Gasteiger partial charge is 0.243 e. The fourth-order valence-corrected chi connectivity index (χ4v) is 5.93. The Bertz CT molecular complexity index is 1180. The van der Waals surface area contributed by atoms with E-state index in [1.54, 1.807) is 35.6 Å². The zero-order valence-electron chi connectivity index (χ0n) is 15.8. The van der Waals surface area contributed by atoms with Crippen molar-refractivity contribution in [1.82, 2.24) is 24.2 Å². The number of pyridine rings is 1. The maximum absolute atomic E-state index is 13.2. The van der Waals surface area contributed by atoms with Gasteiger partial charge in [0.05, 0.1) is 39.9 Å². The molecule has 8 nitrogen and oxygen atoms in total. The number of nitrogens with zero attached hydrogens (tertiary/aromatic N) is 4. The average molecular weight is 411 g/mol. The Labute approximate surface area is 168 Å². The third-order valence-electron chi connectivity index (χ3n) is 6.03. The normalized spacial score (nSPS) is 22.9. The summed E-state index contributed by atoms with van der Waals surface area (Å²) in [4.78, 5) is 26.5. The molecule has 3 aromatic rings. The number of sulfonamides is 1. The zero-order valence-corrected chi connectivity index (χ0v) is 16.6. The van der Waals surface area contributed by atoms with Crippen molar-refractivity contribution in [2.75, 3.05) is 19.6 Å². The number of H-pyrrole nitrogens is 1. The minimum Gasteiger partial charge on any atom is -0.345 e. The highest BCUT2D eigenvalue weighted by molar-refractivity contribution is 7.89. The van der Waals surface area contributed by atoms with E-state index >= 15 is 0 Å². The summed E-state index contributed by atoms with van der Waals surface area (Å²) in [5.74, 6) is 0.0323. The number of carbonyl (C=O) groups excluding carboxylic acids is 1. The van der Waals surface area contributed by atoms with Crippen molar-refractivity contribution in [2.24, 2.45) is 5.41 Å². The molecule has 0 aliphatic carbocycles. The summed E-state index contributed by atoms with van der Waals surface area (Å²) in [5.41, 5.74) is 1.62. The van der Waals surface area contributed by atoms with Crippen molar-refractivity contribution < 1.29 is 13.2 Å². The third-order valence-corrected chi connectivity index (χ3v) is 7.87. The first-order chi connectivity index (χ1) is 14.0. The molecule has 0 saturated carbocycles. The molecule has 150 valence electrons. The number of likely N-dealkylation sites (tertiary alicyclic amines) is 1. The molecule has 1 atom stereocenters. The second-order valence-electron chi connectivity index (χ2n) is 7.75. The number of benzene rings is 1. The minimum absolute atomic E-state index is 0.0323. The maximum atomic E-state index is 13.2. The Morgan fingerprint density at radius 1 is 1.10 bits per heavy atom. The van der Waals surface area contributed by atoms with Gasteiger partial charge in [-0.15, -0.1) is 0 Å². The van der Waals surface area contributed by atoms with E-state index in [2.05, 4.69) is 15.0 Å². The third kappa shape index (κ3) is 3.01. The number of aromatic amines is 1. The molecular weight excluding hydrogens is 390 g/mol. The van der Waals surface area contributed by atoms with E-state index in [0.717, 1.165) is 11.2 Å².